The first-order chi connectivity index (χ1) is 14.2. The lowest BCUT2D eigenvalue weighted by Crippen LogP contribution is -2.84. The lowest BCUT2D eigenvalue weighted by molar-refractivity contribution is -0.196. The number of fused-ring (bicyclic) bond motifs is 3. The van der Waals surface area contributed by atoms with Crippen molar-refractivity contribution in [3.8, 4) is 0 Å². The molecule has 3 heterocycles. The molecule has 2 bridgehead atoms. The number of carbonyl (C=O) groups excluding carboxylic acids is 4. The Hall–Kier alpha value is -2.55. The summed E-state index contributed by atoms with van der Waals surface area (Å²) in [5.74, 6) is -4.88. The third-order valence-corrected chi connectivity index (χ3v) is 7.26. The van der Waals surface area contributed by atoms with E-state index in [2.05, 4.69) is 0 Å². The van der Waals surface area contributed by atoms with Crippen LogP contribution in [0.4, 0.5) is 5.69 Å². The van der Waals surface area contributed by atoms with Gasteiger partial charge >= 0.3 is 11.9 Å². The van der Waals surface area contributed by atoms with Crippen LogP contribution >= 0.6 is 11.8 Å². The summed E-state index contributed by atoms with van der Waals surface area (Å²) in [4.78, 5) is 54.8. The van der Waals surface area contributed by atoms with Gasteiger partial charge in [0.25, 0.3) is 0 Å². The van der Waals surface area contributed by atoms with Crippen LogP contribution in [0.2, 0.25) is 0 Å². The summed E-state index contributed by atoms with van der Waals surface area (Å²) in [5, 5.41) is 0. The average Bonchev–Trinajstić information content (AvgIpc) is 2.73. The fourth-order valence-corrected chi connectivity index (χ4v) is 5.85. The Labute approximate surface area is 179 Å². The third-order valence-electron chi connectivity index (χ3n) is 5.95. The number of para-hydroxylation sites is 1. The molecule has 2 amide bonds. The first kappa shape index (κ1) is 22.1. The molecule has 0 N–H and O–H groups in total. The van der Waals surface area contributed by atoms with E-state index in [0.29, 0.717) is 5.69 Å². The molecule has 3 fully saturated rings. The summed E-state index contributed by atoms with van der Waals surface area (Å²) in [5.41, 5.74) is -1.27. The van der Waals surface area contributed by atoms with E-state index in [4.69, 9.17) is 9.47 Å². The van der Waals surface area contributed by atoms with E-state index >= 15 is 0 Å². The molecule has 3 aliphatic rings. The van der Waals surface area contributed by atoms with Crippen molar-refractivity contribution in [2.75, 3.05) is 31.4 Å². The second-order valence-corrected chi connectivity index (χ2v) is 8.37. The molecule has 3 saturated heterocycles. The van der Waals surface area contributed by atoms with Crippen LogP contribution in [0.3, 0.4) is 0 Å². The summed E-state index contributed by atoms with van der Waals surface area (Å²) >= 11 is 1.15. The number of carbonyl (C=O) groups is 4. The van der Waals surface area contributed by atoms with Crippen LogP contribution in [0, 0.1) is 17.3 Å². The highest BCUT2D eigenvalue weighted by atomic mass is 32.2. The maximum absolute atomic E-state index is 13.8. The normalized spacial score (nSPS) is 30.4. The molecular weight excluding hydrogens is 408 g/mol. The van der Waals surface area contributed by atoms with Gasteiger partial charge in [-0.2, -0.15) is 0 Å². The number of nitrogens with zero attached hydrogens (tertiary/aromatic N) is 2. The van der Waals surface area contributed by atoms with Crippen LogP contribution in [0.5, 0.6) is 0 Å². The lowest BCUT2D eigenvalue weighted by atomic mass is 9.60. The monoisotopic (exact) mass is 434 g/mol. The summed E-state index contributed by atoms with van der Waals surface area (Å²) in [7, 11) is 1.55. The highest BCUT2D eigenvalue weighted by Gasteiger charge is 2.77. The summed E-state index contributed by atoms with van der Waals surface area (Å²) in [6.45, 7) is 4.88. The molecule has 4 rings (SSSR count). The van der Waals surface area contributed by atoms with E-state index in [1.807, 2.05) is 6.07 Å². The van der Waals surface area contributed by atoms with E-state index in [1.165, 1.54) is 16.7 Å². The van der Waals surface area contributed by atoms with Gasteiger partial charge < -0.3 is 14.4 Å². The zero-order valence-electron chi connectivity index (χ0n) is 17.7. The van der Waals surface area contributed by atoms with Crippen molar-refractivity contribution in [1.29, 1.82) is 0 Å². The molecule has 1 aromatic rings. The van der Waals surface area contributed by atoms with Crippen LogP contribution in [-0.4, -0.2) is 60.2 Å². The smallest absolute Gasteiger partial charge is 0.315 e. The second kappa shape index (κ2) is 7.94. The molecule has 8 nitrogen and oxygen atoms in total. The topological polar surface area (TPSA) is 93.2 Å². The average molecular weight is 435 g/mol. The van der Waals surface area contributed by atoms with Gasteiger partial charge in [-0.3, -0.25) is 24.1 Å². The molecule has 9 heteroatoms. The Balaban J connectivity index is 2.34. The van der Waals surface area contributed by atoms with Crippen LogP contribution in [-0.2, 0) is 28.7 Å². The number of piperidine rings is 2. The van der Waals surface area contributed by atoms with Crippen molar-refractivity contribution in [2.45, 2.75) is 25.8 Å². The van der Waals surface area contributed by atoms with Crippen molar-refractivity contribution in [3.63, 3.8) is 0 Å². The number of rotatable bonds is 6. The Bertz CT molecular complexity index is 878. The third kappa shape index (κ3) is 2.74. The number of esters is 2. The van der Waals surface area contributed by atoms with Crippen molar-refractivity contribution in [3.05, 3.63) is 30.3 Å². The van der Waals surface area contributed by atoms with Crippen molar-refractivity contribution < 1.29 is 28.7 Å². The standard InChI is InChI=1S/C21H26N2O6S/c1-6-28-16(24)14-15(17(25)29-7-2)21(30-5)22(4)18(26)20(14,3)19(27)23(21)13-11-9-8-10-12-13/h8-12,14-15H,6-7H2,1-5H3/t14-,15-,20-,21-/m1/s1. The van der Waals surface area contributed by atoms with Gasteiger partial charge in [-0.25, -0.2) is 0 Å². The fraction of sp³-hybridized carbons (Fsp3) is 0.524. The summed E-state index contributed by atoms with van der Waals surface area (Å²) < 4.78 is 10.6. The van der Waals surface area contributed by atoms with E-state index in [1.54, 1.807) is 51.4 Å². The molecule has 0 saturated carbocycles. The number of hydrogen-bond donors (Lipinski definition) is 0. The summed E-state index contributed by atoms with van der Waals surface area (Å²) in [6.07, 6.45) is 1.70. The van der Waals surface area contributed by atoms with Gasteiger partial charge in [0.2, 0.25) is 11.8 Å². The molecule has 0 spiro atoms. The molecule has 3 aliphatic heterocycles. The molecule has 4 atom stereocenters. The van der Waals surface area contributed by atoms with Crippen molar-refractivity contribution in [1.82, 2.24) is 4.90 Å². The zero-order chi connectivity index (χ0) is 22.3. The van der Waals surface area contributed by atoms with Crippen LogP contribution in [0.25, 0.3) is 0 Å². The number of thioether (sulfide) groups is 1. The van der Waals surface area contributed by atoms with E-state index in [-0.39, 0.29) is 13.2 Å². The predicted octanol–water partition coefficient (Wildman–Crippen LogP) is 1.89. The van der Waals surface area contributed by atoms with Crippen LogP contribution in [0.1, 0.15) is 20.8 Å². The number of ether oxygens (including phenoxy) is 2. The number of benzene rings is 1. The maximum atomic E-state index is 13.8. The highest BCUT2D eigenvalue weighted by Crippen LogP contribution is 2.60. The minimum atomic E-state index is -1.80. The Morgan fingerprint density at radius 3 is 2.03 bits per heavy atom. The molecule has 30 heavy (non-hydrogen) atoms. The van der Waals surface area contributed by atoms with Gasteiger partial charge in [-0.15, -0.1) is 11.8 Å². The Morgan fingerprint density at radius 1 is 1.00 bits per heavy atom. The van der Waals surface area contributed by atoms with E-state index < -0.39 is 46.0 Å². The summed E-state index contributed by atoms with van der Waals surface area (Å²) in [6, 6.07) is 8.82. The molecule has 0 unspecified atom stereocenters. The van der Waals surface area contributed by atoms with Gasteiger partial charge in [0, 0.05) is 12.7 Å². The van der Waals surface area contributed by atoms with E-state index in [9.17, 15) is 19.2 Å². The van der Waals surface area contributed by atoms with Gasteiger partial charge in [0.05, 0.1) is 19.1 Å². The number of hydrogen-bond acceptors (Lipinski definition) is 7. The minimum absolute atomic E-state index is 0.0633. The zero-order valence-corrected chi connectivity index (χ0v) is 18.5. The number of anilines is 1. The van der Waals surface area contributed by atoms with Crippen LogP contribution < -0.4 is 4.90 Å². The Kier molecular flexibility index (Phi) is 5.86. The fourth-order valence-electron chi connectivity index (χ4n) is 4.64. The molecule has 1 aromatic carbocycles. The van der Waals surface area contributed by atoms with Gasteiger partial charge in [0.1, 0.15) is 11.3 Å². The van der Waals surface area contributed by atoms with Crippen molar-refractivity contribution in [2.24, 2.45) is 17.3 Å². The van der Waals surface area contributed by atoms with Gasteiger partial charge in [-0.1, -0.05) is 18.2 Å². The SMILES string of the molecule is CCOC(=O)[C@H]1[C@H](C(=O)OCC)[C@@]2(SC)N(C)C(=O)[C@]1(C)C(=O)N2c1ccccc1. The molecular formula is C21H26N2O6S. The largest absolute Gasteiger partial charge is 0.466 e. The second-order valence-electron chi connectivity index (χ2n) is 7.36. The molecule has 0 aliphatic carbocycles. The van der Waals surface area contributed by atoms with E-state index in [0.717, 1.165) is 11.8 Å². The minimum Gasteiger partial charge on any atom is -0.466 e. The molecule has 0 radical (unpaired) electrons. The van der Waals surface area contributed by atoms with Crippen LogP contribution in [0.15, 0.2) is 30.3 Å². The molecule has 162 valence electrons. The van der Waals surface area contributed by atoms with Crippen molar-refractivity contribution >= 4 is 41.2 Å². The first-order valence-electron chi connectivity index (χ1n) is 9.79. The highest BCUT2D eigenvalue weighted by molar-refractivity contribution is 8.00. The maximum Gasteiger partial charge on any atom is 0.315 e. The predicted molar refractivity (Wildman–Crippen MR) is 111 cm³/mol. The number of amides is 2. The Morgan fingerprint density at radius 2 is 1.53 bits per heavy atom. The lowest BCUT2D eigenvalue weighted by Gasteiger charge is -2.64. The molecule has 0 aromatic heterocycles. The van der Waals surface area contributed by atoms with Gasteiger partial charge in [-0.05, 0) is 39.2 Å². The quantitative estimate of drug-likeness (QED) is 0.499. The first-order valence-corrected chi connectivity index (χ1v) is 11.0. The van der Waals surface area contributed by atoms with Gasteiger partial charge in [0.15, 0.2) is 4.99 Å².